The van der Waals surface area contributed by atoms with Crippen molar-refractivity contribution in [3.8, 4) is 11.5 Å². The fourth-order valence-electron chi connectivity index (χ4n) is 2.76. The fourth-order valence-corrected chi connectivity index (χ4v) is 2.76. The Morgan fingerprint density at radius 2 is 2.00 bits per heavy atom. The number of likely N-dealkylation sites (tertiary alicyclic amines) is 1. The second-order valence-electron chi connectivity index (χ2n) is 5.38. The van der Waals surface area contributed by atoms with Crippen LogP contribution in [-0.2, 0) is 11.2 Å². The van der Waals surface area contributed by atoms with E-state index in [0.29, 0.717) is 0 Å². The molecule has 0 saturated carbocycles. The molecule has 1 aromatic rings. The monoisotopic (exact) mass is 293 g/mol. The number of aliphatic carboxylic acids is 1. The van der Waals surface area contributed by atoms with Gasteiger partial charge in [-0.3, -0.25) is 4.79 Å². The van der Waals surface area contributed by atoms with Gasteiger partial charge in [0.05, 0.1) is 20.1 Å². The van der Waals surface area contributed by atoms with Gasteiger partial charge in [-0.05, 0) is 56.1 Å². The predicted molar refractivity (Wildman–Crippen MR) is 80.0 cm³/mol. The molecule has 1 fully saturated rings. The molecule has 1 aromatic carbocycles. The maximum atomic E-state index is 10.9. The number of carbonyl (C=O) groups is 1. The van der Waals surface area contributed by atoms with Crippen molar-refractivity contribution in [3.05, 3.63) is 23.8 Å². The molecule has 116 valence electrons. The SMILES string of the molecule is COc1ccc(OC)c(CCN2CCC(C(=O)O)CC2)c1. The molecular weight excluding hydrogens is 270 g/mol. The second kappa shape index (κ2) is 7.31. The first-order chi connectivity index (χ1) is 10.1. The van der Waals surface area contributed by atoms with Crippen molar-refractivity contribution in [2.45, 2.75) is 19.3 Å². The maximum absolute atomic E-state index is 10.9. The highest BCUT2D eigenvalue weighted by Crippen LogP contribution is 2.25. The van der Waals surface area contributed by atoms with E-state index in [0.717, 1.165) is 56.0 Å². The lowest BCUT2D eigenvalue weighted by Gasteiger charge is -2.30. The van der Waals surface area contributed by atoms with Gasteiger partial charge < -0.3 is 19.5 Å². The minimum Gasteiger partial charge on any atom is -0.497 e. The lowest BCUT2D eigenvalue weighted by Crippen LogP contribution is -2.37. The van der Waals surface area contributed by atoms with Crippen molar-refractivity contribution >= 4 is 5.97 Å². The van der Waals surface area contributed by atoms with Crippen molar-refractivity contribution in [2.24, 2.45) is 5.92 Å². The van der Waals surface area contributed by atoms with Gasteiger partial charge in [-0.25, -0.2) is 0 Å². The minimum atomic E-state index is -0.663. The van der Waals surface area contributed by atoms with Gasteiger partial charge in [0.1, 0.15) is 11.5 Å². The highest BCUT2D eigenvalue weighted by molar-refractivity contribution is 5.70. The molecule has 21 heavy (non-hydrogen) atoms. The molecule has 2 rings (SSSR count). The number of carboxylic acid groups (broad SMARTS) is 1. The number of hydrogen-bond donors (Lipinski definition) is 1. The summed E-state index contributed by atoms with van der Waals surface area (Å²) in [6.07, 6.45) is 2.35. The summed E-state index contributed by atoms with van der Waals surface area (Å²) in [6, 6.07) is 5.81. The summed E-state index contributed by atoms with van der Waals surface area (Å²) in [6.45, 7) is 2.61. The first kappa shape index (κ1) is 15.6. The summed E-state index contributed by atoms with van der Waals surface area (Å²) < 4.78 is 10.6. The van der Waals surface area contributed by atoms with Gasteiger partial charge >= 0.3 is 5.97 Å². The Hall–Kier alpha value is -1.75. The first-order valence-corrected chi connectivity index (χ1v) is 7.30. The summed E-state index contributed by atoms with van der Waals surface area (Å²) in [5, 5.41) is 9.01. The predicted octanol–water partition coefficient (Wildman–Crippen LogP) is 2.04. The van der Waals surface area contributed by atoms with Crippen molar-refractivity contribution in [1.29, 1.82) is 0 Å². The standard InChI is InChI=1S/C16H23NO4/c1-20-14-3-4-15(21-2)13(11-14)7-10-17-8-5-12(6-9-17)16(18)19/h3-4,11-12H,5-10H2,1-2H3,(H,18,19). The zero-order valence-corrected chi connectivity index (χ0v) is 12.7. The molecule has 1 aliphatic rings. The maximum Gasteiger partial charge on any atom is 0.306 e. The first-order valence-electron chi connectivity index (χ1n) is 7.30. The number of piperidine rings is 1. The zero-order valence-electron chi connectivity index (χ0n) is 12.7. The Balaban J connectivity index is 1.90. The van der Waals surface area contributed by atoms with Crippen LogP contribution in [0.15, 0.2) is 18.2 Å². The van der Waals surface area contributed by atoms with E-state index < -0.39 is 5.97 Å². The van der Waals surface area contributed by atoms with Gasteiger partial charge in [0, 0.05) is 6.54 Å². The number of rotatable bonds is 6. The van der Waals surface area contributed by atoms with Gasteiger partial charge in [-0.1, -0.05) is 0 Å². The highest BCUT2D eigenvalue weighted by atomic mass is 16.5. The van der Waals surface area contributed by atoms with Crippen LogP contribution in [0.25, 0.3) is 0 Å². The Labute approximate surface area is 125 Å². The molecular formula is C16H23NO4. The summed E-state index contributed by atoms with van der Waals surface area (Å²) in [7, 11) is 3.33. The van der Waals surface area contributed by atoms with Crippen molar-refractivity contribution in [2.75, 3.05) is 33.9 Å². The molecule has 5 heteroatoms. The average molecular weight is 293 g/mol. The van der Waals surface area contributed by atoms with Crippen LogP contribution in [0.4, 0.5) is 0 Å². The third-order valence-corrected chi connectivity index (χ3v) is 4.12. The van der Waals surface area contributed by atoms with Gasteiger partial charge in [0.25, 0.3) is 0 Å². The summed E-state index contributed by atoms with van der Waals surface area (Å²) in [4.78, 5) is 13.3. The lowest BCUT2D eigenvalue weighted by atomic mass is 9.97. The highest BCUT2D eigenvalue weighted by Gasteiger charge is 2.24. The van der Waals surface area contributed by atoms with Crippen LogP contribution in [0.5, 0.6) is 11.5 Å². The zero-order chi connectivity index (χ0) is 15.2. The van der Waals surface area contributed by atoms with E-state index in [1.165, 1.54) is 0 Å². The number of carboxylic acids is 1. The smallest absolute Gasteiger partial charge is 0.306 e. The largest absolute Gasteiger partial charge is 0.497 e. The van der Waals surface area contributed by atoms with Crippen LogP contribution in [0.2, 0.25) is 0 Å². The van der Waals surface area contributed by atoms with E-state index in [4.69, 9.17) is 14.6 Å². The van der Waals surface area contributed by atoms with Crippen molar-refractivity contribution in [3.63, 3.8) is 0 Å². The lowest BCUT2D eigenvalue weighted by molar-refractivity contribution is -0.143. The Morgan fingerprint density at radius 3 is 2.57 bits per heavy atom. The quantitative estimate of drug-likeness (QED) is 0.870. The van der Waals surface area contributed by atoms with Crippen molar-refractivity contribution < 1.29 is 19.4 Å². The average Bonchev–Trinajstić information content (AvgIpc) is 2.52. The van der Waals surface area contributed by atoms with Crippen LogP contribution in [0.3, 0.4) is 0 Å². The molecule has 0 radical (unpaired) electrons. The van der Waals surface area contributed by atoms with E-state index >= 15 is 0 Å². The van der Waals surface area contributed by atoms with Gasteiger partial charge in [-0.15, -0.1) is 0 Å². The van der Waals surface area contributed by atoms with E-state index in [9.17, 15) is 4.79 Å². The van der Waals surface area contributed by atoms with E-state index in [-0.39, 0.29) is 5.92 Å². The van der Waals surface area contributed by atoms with Gasteiger partial charge in [0.15, 0.2) is 0 Å². The van der Waals surface area contributed by atoms with Crippen LogP contribution in [0.1, 0.15) is 18.4 Å². The Kier molecular flexibility index (Phi) is 5.44. The number of benzene rings is 1. The second-order valence-corrected chi connectivity index (χ2v) is 5.38. The summed E-state index contributed by atoms with van der Waals surface area (Å²) in [5.74, 6) is 0.864. The van der Waals surface area contributed by atoms with E-state index in [2.05, 4.69) is 4.90 Å². The number of methoxy groups -OCH3 is 2. The summed E-state index contributed by atoms with van der Waals surface area (Å²) in [5.41, 5.74) is 1.12. The molecule has 1 aliphatic heterocycles. The molecule has 1 saturated heterocycles. The van der Waals surface area contributed by atoms with E-state index in [1.807, 2.05) is 18.2 Å². The fraction of sp³-hybridized carbons (Fsp3) is 0.562. The number of nitrogens with zero attached hydrogens (tertiary/aromatic N) is 1. The van der Waals surface area contributed by atoms with Crippen molar-refractivity contribution in [1.82, 2.24) is 4.90 Å². The molecule has 0 bridgehead atoms. The molecule has 0 aliphatic carbocycles. The number of ether oxygens (including phenoxy) is 2. The Morgan fingerprint density at radius 1 is 1.29 bits per heavy atom. The molecule has 0 aromatic heterocycles. The van der Waals surface area contributed by atoms with Crippen LogP contribution >= 0.6 is 0 Å². The van der Waals surface area contributed by atoms with Crippen LogP contribution in [0, 0.1) is 5.92 Å². The molecule has 0 atom stereocenters. The van der Waals surface area contributed by atoms with Gasteiger partial charge in [-0.2, -0.15) is 0 Å². The molecule has 0 spiro atoms. The van der Waals surface area contributed by atoms with Gasteiger partial charge in [0.2, 0.25) is 0 Å². The molecule has 5 nitrogen and oxygen atoms in total. The Bertz CT molecular complexity index is 481. The van der Waals surface area contributed by atoms with E-state index in [1.54, 1.807) is 14.2 Å². The normalized spacial score (nSPS) is 16.7. The van der Waals surface area contributed by atoms with Crippen LogP contribution in [-0.4, -0.2) is 49.8 Å². The molecule has 1 N–H and O–H groups in total. The number of hydrogen-bond acceptors (Lipinski definition) is 4. The molecule has 0 unspecified atom stereocenters. The third-order valence-electron chi connectivity index (χ3n) is 4.12. The molecule has 1 heterocycles. The topological polar surface area (TPSA) is 59.0 Å². The molecule has 0 amide bonds. The van der Waals surface area contributed by atoms with Crippen LogP contribution < -0.4 is 9.47 Å². The third kappa shape index (κ3) is 4.11. The summed E-state index contributed by atoms with van der Waals surface area (Å²) >= 11 is 0. The minimum absolute atomic E-state index is 0.174.